The number of carbonyl (C=O) groups excluding carboxylic acids is 1. The number of carbonyl (C=O) groups is 1. The molecular formula is C11H22N2O3. The van der Waals surface area contributed by atoms with E-state index >= 15 is 0 Å². The molecule has 2 amide bonds. The molecule has 0 bridgehead atoms. The van der Waals surface area contributed by atoms with Crippen LogP contribution in [0.25, 0.3) is 0 Å². The lowest BCUT2D eigenvalue weighted by atomic mass is 9.98. The van der Waals surface area contributed by atoms with Crippen molar-refractivity contribution < 1.29 is 14.3 Å². The molecule has 0 saturated carbocycles. The molecule has 0 aromatic carbocycles. The number of hydrogen-bond donors (Lipinski definition) is 1. The number of amides is 2. The van der Waals surface area contributed by atoms with Gasteiger partial charge in [0.25, 0.3) is 0 Å². The molecule has 0 atom stereocenters. The molecule has 0 radical (unpaired) electrons. The minimum atomic E-state index is 0.0212. The van der Waals surface area contributed by atoms with Crippen LogP contribution in [0.1, 0.15) is 12.8 Å². The number of piperidine rings is 1. The Bertz CT molecular complexity index is 203. The van der Waals surface area contributed by atoms with Crippen LogP contribution in [0.15, 0.2) is 0 Å². The fourth-order valence-corrected chi connectivity index (χ4v) is 1.91. The third-order valence-electron chi connectivity index (χ3n) is 2.89. The van der Waals surface area contributed by atoms with E-state index in [1.165, 1.54) is 0 Å². The van der Waals surface area contributed by atoms with Crippen LogP contribution in [0, 0.1) is 5.92 Å². The molecule has 0 aromatic heterocycles. The lowest BCUT2D eigenvalue weighted by Crippen LogP contribution is -2.45. The Hall–Kier alpha value is -0.810. The molecule has 1 heterocycles. The molecule has 16 heavy (non-hydrogen) atoms. The molecular weight excluding hydrogens is 208 g/mol. The second-order valence-electron chi connectivity index (χ2n) is 4.11. The number of nitrogens with one attached hydrogen (secondary N) is 1. The molecule has 1 rings (SSSR count). The summed E-state index contributed by atoms with van der Waals surface area (Å²) in [6.07, 6.45) is 2.07. The molecule has 94 valence electrons. The quantitative estimate of drug-likeness (QED) is 0.707. The Kier molecular flexibility index (Phi) is 6.18. The van der Waals surface area contributed by atoms with Gasteiger partial charge >= 0.3 is 6.03 Å². The first-order valence-corrected chi connectivity index (χ1v) is 5.78. The van der Waals surface area contributed by atoms with Crippen LogP contribution in [0.3, 0.4) is 0 Å². The van der Waals surface area contributed by atoms with Crippen molar-refractivity contribution in [3.63, 3.8) is 0 Å². The van der Waals surface area contributed by atoms with Gasteiger partial charge in [-0.15, -0.1) is 0 Å². The molecule has 0 unspecified atom stereocenters. The SMILES string of the molecule is COCCNC(=O)N1CCC(COC)CC1. The van der Waals surface area contributed by atoms with Crippen molar-refractivity contribution in [3.05, 3.63) is 0 Å². The van der Waals surface area contributed by atoms with E-state index in [0.29, 0.717) is 19.1 Å². The Morgan fingerprint density at radius 1 is 1.31 bits per heavy atom. The molecule has 0 aromatic rings. The van der Waals surface area contributed by atoms with Gasteiger partial charge in [-0.3, -0.25) is 0 Å². The molecule has 5 nitrogen and oxygen atoms in total. The summed E-state index contributed by atoms with van der Waals surface area (Å²) in [4.78, 5) is 13.5. The summed E-state index contributed by atoms with van der Waals surface area (Å²) < 4.78 is 10.00. The van der Waals surface area contributed by atoms with Gasteiger partial charge in [0, 0.05) is 40.5 Å². The molecule has 1 aliphatic rings. The summed E-state index contributed by atoms with van der Waals surface area (Å²) in [6, 6.07) is 0.0212. The highest BCUT2D eigenvalue weighted by molar-refractivity contribution is 5.74. The average Bonchev–Trinajstić information content (AvgIpc) is 2.30. The number of likely N-dealkylation sites (tertiary alicyclic amines) is 1. The third-order valence-corrected chi connectivity index (χ3v) is 2.89. The molecule has 1 fully saturated rings. The van der Waals surface area contributed by atoms with Gasteiger partial charge in [0.15, 0.2) is 0 Å². The number of nitrogens with zero attached hydrogens (tertiary/aromatic N) is 1. The van der Waals surface area contributed by atoms with Gasteiger partial charge < -0.3 is 19.7 Å². The zero-order valence-electron chi connectivity index (χ0n) is 10.2. The normalized spacial score (nSPS) is 17.5. The molecule has 0 aliphatic carbocycles. The monoisotopic (exact) mass is 230 g/mol. The first-order chi connectivity index (χ1) is 7.77. The number of urea groups is 1. The molecule has 1 aliphatic heterocycles. The van der Waals surface area contributed by atoms with E-state index in [2.05, 4.69) is 5.32 Å². The van der Waals surface area contributed by atoms with Crippen molar-refractivity contribution in [2.24, 2.45) is 5.92 Å². The maximum Gasteiger partial charge on any atom is 0.317 e. The topological polar surface area (TPSA) is 50.8 Å². The van der Waals surface area contributed by atoms with Crippen LogP contribution >= 0.6 is 0 Å². The standard InChI is InChI=1S/C11H22N2O3/c1-15-8-5-12-11(14)13-6-3-10(4-7-13)9-16-2/h10H,3-9H2,1-2H3,(H,12,14). The second kappa shape index (κ2) is 7.46. The second-order valence-corrected chi connectivity index (χ2v) is 4.11. The summed E-state index contributed by atoms with van der Waals surface area (Å²) in [6.45, 7) is 3.60. The number of hydrogen-bond acceptors (Lipinski definition) is 3. The third kappa shape index (κ3) is 4.37. The highest BCUT2D eigenvalue weighted by atomic mass is 16.5. The number of methoxy groups -OCH3 is 2. The average molecular weight is 230 g/mol. The van der Waals surface area contributed by atoms with Crippen molar-refractivity contribution in [1.82, 2.24) is 10.2 Å². The fraction of sp³-hybridized carbons (Fsp3) is 0.909. The van der Waals surface area contributed by atoms with Crippen LogP contribution in [-0.4, -0.2) is 58.0 Å². The molecule has 0 spiro atoms. The summed E-state index contributed by atoms with van der Waals surface area (Å²) in [5.74, 6) is 0.605. The summed E-state index contributed by atoms with van der Waals surface area (Å²) in [7, 11) is 3.35. The van der Waals surface area contributed by atoms with E-state index in [9.17, 15) is 4.79 Å². The van der Waals surface area contributed by atoms with Gasteiger partial charge in [0.05, 0.1) is 6.61 Å². The summed E-state index contributed by atoms with van der Waals surface area (Å²) >= 11 is 0. The van der Waals surface area contributed by atoms with Crippen molar-refractivity contribution in [2.45, 2.75) is 12.8 Å². The molecule has 5 heteroatoms. The van der Waals surface area contributed by atoms with Crippen molar-refractivity contribution in [3.8, 4) is 0 Å². The predicted octanol–water partition coefficient (Wildman–Crippen LogP) is 0.701. The lowest BCUT2D eigenvalue weighted by molar-refractivity contribution is 0.106. The molecule has 1 N–H and O–H groups in total. The minimum absolute atomic E-state index is 0.0212. The Morgan fingerprint density at radius 2 is 2.00 bits per heavy atom. The van der Waals surface area contributed by atoms with Crippen LogP contribution in [-0.2, 0) is 9.47 Å². The van der Waals surface area contributed by atoms with Gasteiger partial charge in [-0.2, -0.15) is 0 Å². The maximum atomic E-state index is 11.7. The highest BCUT2D eigenvalue weighted by Gasteiger charge is 2.22. The van der Waals surface area contributed by atoms with Gasteiger partial charge in [0.1, 0.15) is 0 Å². The maximum absolute atomic E-state index is 11.7. The van der Waals surface area contributed by atoms with E-state index in [1.807, 2.05) is 4.90 Å². The van der Waals surface area contributed by atoms with Gasteiger partial charge in [0.2, 0.25) is 0 Å². The zero-order chi connectivity index (χ0) is 11.8. The van der Waals surface area contributed by atoms with E-state index in [4.69, 9.17) is 9.47 Å². The number of rotatable bonds is 5. The smallest absolute Gasteiger partial charge is 0.317 e. The Balaban J connectivity index is 2.17. The summed E-state index contributed by atoms with van der Waals surface area (Å²) in [5.41, 5.74) is 0. The first kappa shape index (κ1) is 13.3. The lowest BCUT2D eigenvalue weighted by Gasteiger charge is -2.31. The van der Waals surface area contributed by atoms with Crippen LogP contribution in [0.4, 0.5) is 4.79 Å². The van der Waals surface area contributed by atoms with Crippen LogP contribution < -0.4 is 5.32 Å². The summed E-state index contributed by atoms with van der Waals surface area (Å²) in [5, 5.41) is 2.83. The fourth-order valence-electron chi connectivity index (χ4n) is 1.91. The Labute approximate surface area is 97.1 Å². The first-order valence-electron chi connectivity index (χ1n) is 5.78. The molecule has 1 saturated heterocycles. The van der Waals surface area contributed by atoms with E-state index in [-0.39, 0.29) is 6.03 Å². The van der Waals surface area contributed by atoms with Crippen molar-refractivity contribution in [2.75, 3.05) is 47.1 Å². The van der Waals surface area contributed by atoms with Gasteiger partial charge in [-0.25, -0.2) is 4.79 Å². The zero-order valence-corrected chi connectivity index (χ0v) is 10.2. The van der Waals surface area contributed by atoms with Crippen molar-refractivity contribution in [1.29, 1.82) is 0 Å². The van der Waals surface area contributed by atoms with Crippen molar-refractivity contribution >= 4 is 6.03 Å². The Morgan fingerprint density at radius 3 is 2.56 bits per heavy atom. The van der Waals surface area contributed by atoms with Crippen LogP contribution in [0.5, 0.6) is 0 Å². The van der Waals surface area contributed by atoms with Crippen LogP contribution in [0.2, 0.25) is 0 Å². The van der Waals surface area contributed by atoms with E-state index < -0.39 is 0 Å². The minimum Gasteiger partial charge on any atom is -0.384 e. The largest absolute Gasteiger partial charge is 0.384 e. The van der Waals surface area contributed by atoms with E-state index in [1.54, 1.807) is 14.2 Å². The number of ether oxygens (including phenoxy) is 2. The van der Waals surface area contributed by atoms with Gasteiger partial charge in [-0.1, -0.05) is 0 Å². The van der Waals surface area contributed by atoms with E-state index in [0.717, 1.165) is 32.5 Å². The predicted molar refractivity (Wildman–Crippen MR) is 61.4 cm³/mol. The van der Waals surface area contributed by atoms with Gasteiger partial charge in [-0.05, 0) is 18.8 Å². The highest BCUT2D eigenvalue weighted by Crippen LogP contribution is 2.16.